The molecule has 1 heterocycles. The molecule has 1 saturated carbocycles. The van der Waals surface area contributed by atoms with Crippen LogP contribution in [0.5, 0.6) is 0 Å². The Labute approximate surface area is 163 Å². The molecule has 3 rings (SSSR count). The van der Waals surface area contributed by atoms with Crippen LogP contribution in [-0.4, -0.2) is 37.6 Å². The molecule has 1 aromatic carbocycles. The number of benzene rings is 1. The average Bonchev–Trinajstić information content (AvgIpc) is 2.67. The van der Waals surface area contributed by atoms with Gasteiger partial charge in [0.1, 0.15) is 0 Å². The minimum Gasteiger partial charge on any atom is -0.377 e. The van der Waals surface area contributed by atoms with E-state index in [9.17, 15) is 13.2 Å². The van der Waals surface area contributed by atoms with E-state index < -0.39 is 11.7 Å². The maximum absolute atomic E-state index is 13.3. The molecule has 0 spiro atoms. The van der Waals surface area contributed by atoms with Gasteiger partial charge in [0.05, 0.1) is 18.3 Å². The smallest absolute Gasteiger partial charge is 0.377 e. The van der Waals surface area contributed by atoms with E-state index in [2.05, 4.69) is 10.0 Å². The number of hydrogen-bond acceptors (Lipinski definition) is 4. The van der Waals surface area contributed by atoms with Crippen LogP contribution in [-0.2, 0) is 10.9 Å². The molecule has 1 aliphatic carbocycles. The third-order valence-corrected chi connectivity index (χ3v) is 6.28. The molecule has 27 heavy (non-hydrogen) atoms. The maximum atomic E-state index is 13.3. The van der Waals surface area contributed by atoms with E-state index in [-0.39, 0.29) is 12.0 Å². The summed E-state index contributed by atoms with van der Waals surface area (Å²) in [4.78, 5) is 0. The number of hydrogen-bond donors (Lipinski definition) is 2. The van der Waals surface area contributed by atoms with Crippen molar-refractivity contribution in [2.45, 2.75) is 68.8 Å². The van der Waals surface area contributed by atoms with Gasteiger partial charge in [0.15, 0.2) is 0 Å². The fraction of sp³-hybridized carbons (Fsp3) is 0.700. The second-order valence-electron chi connectivity index (χ2n) is 7.52. The molecule has 3 nitrogen and oxygen atoms in total. The quantitative estimate of drug-likeness (QED) is 0.674. The van der Waals surface area contributed by atoms with Crippen LogP contribution in [0.1, 0.15) is 55.6 Å². The van der Waals surface area contributed by atoms with Crippen molar-refractivity contribution in [3.05, 3.63) is 35.4 Å². The Morgan fingerprint density at radius 1 is 1.15 bits per heavy atom. The van der Waals surface area contributed by atoms with Gasteiger partial charge in [-0.25, -0.2) is 0 Å². The van der Waals surface area contributed by atoms with Crippen LogP contribution in [0, 0.1) is 0 Å². The number of piperidine rings is 1. The zero-order chi connectivity index (χ0) is 19.3. The summed E-state index contributed by atoms with van der Waals surface area (Å²) in [6, 6.07) is 6.72. The first-order chi connectivity index (χ1) is 13.0. The van der Waals surface area contributed by atoms with E-state index in [0.29, 0.717) is 24.3 Å². The molecule has 0 radical (unpaired) electrons. The second-order valence-corrected chi connectivity index (χ2v) is 8.17. The standard InChI is InChI=1S/C20H29F3N2OS/c1-27-25-18-7-4-12-24-19(18)13-26-15-10-8-14(9-11-15)16-5-2-3-6-17(16)20(21,22)23/h2-3,5-6,14-15,18-19,24-25H,4,7-13H2,1H3/t14-,15+,18-,19-/m0/s1. The molecule has 0 aromatic heterocycles. The highest BCUT2D eigenvalue weighted by Gasteiger charge is 2.36. The summed E-state index contributed by atoms with van der Waals surface area (Å²) in [5, 5.41) is 3.53. The number of halogens is 3. The number of rotatable bonds is 6. The van der Waals surface area contributed by atoms with Crippen molar-refractivity contribution in [3.8, 4) is 0 Å². The summed E-state index contributed by atoms with van der Waals surface area (Å²) < 4.78 is 49.4. The van der Waals surface area contributed by atoms with Gasteiger partial charge in [0.25, 0.3) is 0 Å². The Bertz CT molecular complexity index is 589. The largest absolute Gasteiger partial charge is 0.416 e. The summed E-state index contributed by atoms with van der Waals surface area (Å²) >= 11 is 1.64. The van der Waals surface area contributed by atoms with Gasteiger partial charge < -0.3 is 10.1 Å². The highest BCUT2D eigenvalue weighted by Crippen LogP contribution is 2.41. The minimum atomic E-state index is -4.28. The van der Waals surface area contributed by atoms with Crippen molar-refractivity contribution in [3.63, 3.8) is 0 Å². The van der Waals surface area contributed by atoms with Crippen LogP contribution in [0.4, 0.5) is 13.2 Å². The maximum Gasteiger partial charge on any atom is 0.416 e. The normalized spacial score (nSPS) is 29.6. The van der Waals surface area contributed by atoms with Gasteiger partial charge in [-0.15, -0.1) is 0 Å². The van der Waals surface area contributed by atoms with Crippen LogP contribution in [0.15, 0.2) is 24.3 Å². The molecule has 152 valence electrons. The zero-order valence-corrected chi connectivity index (χ0v) is 16.5. The highest BCUT2D eigenvalue weighted by molar-refractivity contribution is 7.96. The molecule has 7 heteroatoms. The molecule has 0 bridgehead atoms. The van der Waals surface area contributed by atoms with Crippen LogP contribution in [0.2, 0.25) is 0 Å². The van der Waals surface area contributed by atoms with Crippen molar-refractivity contribution in [1.82, 2.24) is 10.0 Å². The van der Waals surface area contributed by atoms with E-state index in [1.807, 2.05) is 6.26 Å². The third kappa shape index (κ3) is 5.62. The predicted octanol–water partition coefficient (Wildman–Crippen LogP) is 4.74. The predicted molar refractivity (Wildman–Crippen MR) is 104 cm³/mol. The van der Waals surface area contributed by atoms with Gasteiger partial charge in [-0.2, -0.15) is 13.2 Å². The molecule has 1 saturated heterocycles. The molecule has 0 unspecified atom stereocenters. The summed E-state index contributed by atoms with van der Waals surface area (Å²) in [7, 11) is 0. The molecular weight excluding hydrogens is 373 g/mol. The van der Waals surface area contributed by atoms with E-state index in [1.54, 1.807) is 24.1 Å². The zero-order valence-electron chi connectivity index (χ0n) is 15.7. The van der Waals surface area contributed by atoms with E-state index in [4.69, 9.17) is 4.74 Å². The first-order valence-electron chi connectivity index (χ1n) is 9.78. The van der Waals surface area contributed by atoms with E-state index in [1.165, 1.54) is 18.6 Å². The number of ether oxygens (including phenoxy) is 1. The third-order valence-electron chi connectivity index (χ3n) is 5.75. The molecule has 2 atom stereocenters. The number of nitrogens with one attached hydrogen (secondary N) is 2. The molecule has 2 N–H and O–H groups in total. The lowest BCUT2D eigenvalue weighted by atomic mass is 9.81. The summed E-state index contributed by atoms with van der Waals surface area (Å²) in [5.41, 5.74) is -0.0339. The Kier molecular flexibility index (Phi) is 7.48. The van der Waals surface area contributed by atoms with E-state index in [0.717, 1.165) is 38.6 Å². The molecule has 1 aromatic rings. The molecular formula is C20H29F3N2OS. The Morgan fingerprint density at radius 3 is 2.59 bits per heavy atom. The van der Waals surface area contributed by atoms with Gasteiger partial charge in [-0.05, 0) is 68.9 Å². The first-order valence-corrected chi connectivity index (χ1v) is 11.0. The number of alkyl halides is 3. The SMILES string of the molecule is CSN[C@H]1CCCN[C@H]1CO[C@H]1CC[C@@H](c2ccccc2C(F)(F)F)CC1. The average molecular weight is 403 g/mol. The van der Waals surface area contributed by atoms with Crippen LogP contribution in [0.25, 0.3) is 0 Å². The molecule has 1 aliphatic heterocycles. The fourth-order valence-corrected chi connectivity index (χ4v) is 4.90. The van der Waals surface area contributed by atoms with Crippen LogP contribution in [0.3, 0.4) is 0 Å². The first kappa shape index (κ1) is 21.0. The molecule has 2 aliphatic rings. The van der Waals surface area contributed by atoms with Crippen LogP contribution < -0.4 is 10.0 Å². The van der Waals surface area contributed by atoms with Gasteiger partial charge in [0.2, 0.25) is 0 Å². The van der Waals surface area contributed by atoms with Crippen molar-refractivity contribution in [1.29, 1.82) is 0 Å². The summed E-state index contributed by atoms with van der Waals surface area (Å²) in [5.74, 6) is -0.0265. The lowest BCUT2D eigenvalue weighted by Crippen LogP contribution is -2.52. The van der Waals surface area contributed by atoms with Crippen molar-refractivity contribution in [2.75, 3.05) is 19.4 Å². The second kappa shape index (κ2) is 9.63. The Balaban J connectivity index is 1.51. The van der Waals surface area contributed by atoms with E-state index >= 15 is 0 Å². The van der Waals surface area contributed by atoms with Crippen LogP contribution >= 0.6 is 11.9 Å². The van der Waals surface area contributed by atoms with Gasteiger partial charge in [0, 0.05) is 12.1 Å². The van der Waals surface area contributed by atoms with Gasteiger partial charge in [-0.3, -0.25) is 4.72 Å². The fourth-order valence-electron chi connectivity index (χ4n) is 4.31. The topological polar surface area (TPSA) is 33.3 Å². The highest BCUT2D eigenvalue weighted by atomic mass is 32.2. The minimum absolute atomic E-state index is 0.0265. The van der Waals surface area contributed by atoms with Crippen molar-refractivity contribution in [2.24, 2.45) is 0 Å². The van der Waals surface area contributed by atoms with Gasteiger partial charge >= 0.3 is 6.18 Å². The Morgan fingerprint density at radius 2 is 1.89 bits per heavy atom. The lowest BCUT2D eigenvalue weighted by molar-refractivity contribution is -0.138. The van der Waals surface area contributed by atoms with Gasteiger partial charge in [-0.1, -0.05) is 30.1 Å². The van der Waals surface area contributed by atoms with Crippen molar-refractivity contribution >= 4 is 11.9 Å². The summed E-state index contributed by atoms with van der Waals surface area (Å²) in [6.07, 6.45) is 3.36. The summed E-state index contributed by atoms with van der Waals surface area (Å²) in [6.45, 7) is 1.67. The Hall–Kier alpha value is -0.760. The lowest BCUT2D eigenvalue weighted by Gasteiger charge is -2.35. The molecule has 0 amide bonds. The monoisotopic (exact) mass is 402 g/mol. The van der Waals surface area contributed by atoms with Crippen molar-refractivity contribution < 1.29 is 17.9 Å². The molecule has 2 fully saturated rings.